The van der Waals surface area contributed by atoms with Crippen molar-refractivity contribution < 1.29 is 9.53 Å². The van der Waals surface area contributed by atoms with Crippen LogP contribution in [0.1, 0.15) is 6.92 Å². The lowest BCUT2D eigenvalue weighted by Gasteiger charge is -2.13. The zero-order valence-corrected chi connectivity index (χ0v) is 12.6. The summed E-state index contributed by atoms with van der Waals surface area (Å²) in [5.41, 5.74) is 1.05. The summed E-state index contributed by atoms with van der Waals surface area (Å²) in [5, 5.41) is 4.02. The first kappa shape index (κ1) is 14.1. The first-order valence-corrected chi connectivity index (χ1v) is 6.92. The van der Waals surface area contributed by atoms with E-state index in [1.54, 1.807) is 7.11 Å². The molecule has 0 spiro atoms. The van der Waals surface area contributed by atoms with Crippen LogP contribution in [-0.4, -0.2) is 30.2 Å². The molecule has 1 aromatic heterocycles. The molecule has 1 unspecified atom stereocenters. The van der Waals surface area contributed by atoms with Gasteiger partial charge in [0.25, 0.3) is 0 Å². The lowest BCUT2D eigenvalue weighted by Crippen LogP contribution is -2.37. The van der Waals surface area contributed by atoms with Gasteiger partial charge in [0.2, 0.25) is 5.91 Å². The monoisotopic (exact) mass is 324 g/mol. The largest absolute Gasteiger partial charge is 0.383 e. The smallest absolute Gasteiger partial charge is 0.240 e. The minimum atomic E-state index is -0.00929. The van der Waals surface area contributed by atoms with Crippen molar-refractivity contribution in [1.82, 2.24) is 9.88 Å². The van der Waals surface area contributed by atoms with Crippen LogP contribution in [0.5, 0.6) is 0 Å². The summed E-state index contributed by atoms with van der Waals surface area (Å²) in [7, 11) is 1.62. The van der Waals surface area contributed by atoms with E-state index >= 15 is 0 Å². The molecule has 102 valence electrons. The normalized spacial score (nSPS) is 12.6. The first-order chi connectivity index (χ1) is 9.10. The summed E-state index contributed by atoms with van der Waals surface area (Å²) in [5.74, 6) is -0.00929. The van der Waals surface area contributed by atoms with Crippen molar-refractivity contribution >= 4 is 32.7 Å². The number of carbonyl (C=O) groups excluding carboxylic acids is 1. The summed E-state index contributed by atoms with van der Waals surface area (Å²) in [6.45, 7) is 2.76. The molecule has 19 heavy (non-hydrogen) atoms. The minimum Gasteiger partial charge on any atom is -0.383 e. The first-order valence-electron chi connectivity index (χ1n) is 6.13. The van der Waals surface area contributed by atoms with E-state index < -0.39 is 0 Å². The Bertz CT molecular complexity index is 580. The van der Waals surface area contributed by atoms with E-state index in [0.717, 1.165) is 15.4 Å². The molecule has 0 radical (unpaired) electrons. The number of ether oxygens (including phenoxy) is 1. The van der Waals surface area contributed by atoms with Crippen LogP contribution in [0, 0.1) is 0 Å². The van der Waals surface area contributed by atoms with E-state index in [-0.39, 0.29) is 11.9 Å². The van der Waals surface area contributed by atoms with E-state index in [1.165, 1.54) is 0 Å². The summed E-state index contributed by atoms with van der Waals surface area (Å²) in [6.07, 6.45) is 1.93. The fraction of sp³-hybridized carbons (Fsp3) is 0.357. The van der Waals surface area contributed by atoms with E-state index in [9.17, 15) is 4.79 Å². The molecular weight excluding hydrogens is 308 g/mol. The zero-order chi connectivity index (χ0) is 13.8. The number of carbonyl (C=O) groups is 1. The van der Waals surface area contributed by atoms with Crippen molar-refractivity contribution in [2.75, 3.05) is 13.7 Å². The molecule has 1 atom stereocenters. The van der Waals surface area contributed by atoms with Gasteiger partial charge in [-0.1, -0.05) is 15.9 Å². The Labute approximate surface area is 120 Å². The molecule has 1 N–H and O–H groups in total. The van der Waals surface area contributed by atoms with Crippen LogP contribution < -0.4 is 5.32 Å². The SMILES string of the molecule is COCC(C)NC(=O)Cn1ccc2cc(Br)ccc21. The number of fused-ring (bicyclic) bond motifs is 1. The predicted octanol–water partition coefficient (Wildman–Crippen LogP) is 2.55. The maximum Gasteiger partial charge on any atom is 0.240 e. The lowest BCUT2D eigenvalue weighted by atomic mass is 10.2. The number of aromatic nitrogens is 1. The van der Waals surface area contributed by atoms with Gasteiger partial charge < -0.3 is 14.6 Å². The minimum absolute atomic E-state index is 0.00929. The van der Waals surface area contributed by atoms with Crippen molar-refractivity contribution in [3.8, 4) is 0 Å². The molecule has 0 aliphatic heterocycles. The molecule has 0 saturated heterocycles. The molecular formula is C14H17BrN2O2. The third-order valence-corrected chi connectivity index (χ3v) is 3.36. The number of hydrogen-bond donors (Lipinski definition) is 1. The van der Waals surface area contributed by atoms with Crippen molar-refractivity contribution in [2.45, 2.75) is 19.5 Å². The lowest BCUT2D eigenvalue weighted by molar-refractivity contribution is -0.122. The number of rotatable bonds is 5. The van der Waals surface area contributed by atoms with Crippen LogP contribution in [-0.2, 0) is 16.1 Å². The second-order valence-corrected chi connectivity index (χ2v) is 5.49. The molecule has 0 aliphatic carbocycles. The fourth-order valence-corrected chi connectivity index (χ4v) is 2.45. The van der Waals surface area contributed by atoms with Crippen LogP contribution in [0.4, 0.5) is 0 Å². The molecule has 0 fully saturated rings. The Morgan fingerprint density at radius 1 is 1.47 bits per heavy atom. The van der Waals surface area contributed by atoms with Crippen LogP contribution in [0.3, 0.4) is 0 Å². The highest BCUT2D eigenvalue weighted by Gasteiger charge is 2.09. The number of nitrogens with zero attached hydrogens (tertiary/aromatic N) is 1. The number of nitrogens with one attached hydrogen (secondary N) is 1. The number of hydrogen-bond acceptors (Lipinski definition) is 2. The average Bonchev–Trinajstić information content (AvgIpc) is 2.71. The molecule has 0 aliphatic rings. The molecule has 1 aromatic carbocycles. The summed E-state index contributed by atoms with van der Waals surface area (Å²) < 4.78 is 7.98. The molecule has 0 saturated carbocycles. The van der Waals surface area contributed by atoms with Crippen LogP contribution >= 0.6 is 15.9 Å². The van der Waals surface area contributed by atoms with Crippen LogP contribution in [0.25, 0.3) is 10.9 Å². The van der Waals surface area contributed by atoms with Gasteiger partial charge >= 0.3 is 0 Å². The summed E-state index contributed by atoms with van der Waals surface area (Å²) in [4.78, 5) is 11.9. The maximum absolute atomic E-state index is 11.9. The van der Waals surface area contributed by atoms with Gasteiger partial charge in [-0.3, -0.25) is 4.79 Å². The Morgan fingerprint density at radius 3 is 3.00 bits per heavy atom. The van der Waals surface area contributed by atoms with Crippen molar-refractivity contribution in [3.05, 3.63) is 34.9 Å². The third kappa shape index (κ3) is 3.58. The van der Waals surface area contributed by atoms with Crippen LogP contribution in [0.2, 0.25) is 0 Å². The highest BCUT2D eigenvalue weighted by molar-refractivity contribution is 9.10. The number of halogens is 1. The second-order valence-electron chi connectivity index (χ2n) is 4.57. The Hall–Kier alpha value is -1.33. The van der Waals surface area contributed by atoms with Gasteiger partial charge in [0.1, 0.15) is 6.54 Å². The number of amides is 1. The van der Waals surface area contributed by atoms with Crippen molar-refractivity contribution in [1.29, 1.82) is 0 Å². The molecule has 5 heteroatoms. The van der Waals surface area contributed by atoms with Crippen LogP contribution in [0.15, 0.2) is 34.9 Å². The van der Waals surface area contributed by atoms with Gasteiger partial charge in [-0.15, -0.1) is 0 Å². The van der Waals surface area contributed by atoms with E-state index in [4.69, 9.17) is 4.74 Å². The fourth-order valence-electron chi connectivity index (χ4n) is 2.08. The highest BCUT2D eigenvalue weighted by atomic mass is 79.9. The highest BCUT2D eigenvalue weighted by Crippen LogP contribution is 2.20. The Morgan fingerprint density at radius 2 is 2.26 bits per heavy atom. The second kappa shape index (κ2) is 6.21. The molecule has 4 nitrogen and oxygen atoms in total. The van der Waals surface area contributed by atoms with Gasteiger partial charge in [0.05, 0.1) is 6.61 Å². The van der Waals surface area contributed by atoms with Gasteiger partial charge in [-0.2, -0.15) is 0 Å². The molecule has 1 heterocycles. The Kier molecular flexibility index (Phi) is 4.61. The number of methoxy groups -OCH3 is 1. The predicted molar refractivity (Wildman–Crippen MR) is 79.1 cm³/mol. The standard InChI is InChI=1S/C14H17BrN2O2/c1-10(9-19-2)16-14(18)8-17-6-5-11-7-12(15)3-4-13(11)17/h3-7,10H,8-9H2,1-2H3,(H,16,18). The maximum atomic E-state index is 11.9. The molecule has 2 aromatic rings. The average molecular weight is 325 g/mol. The topological polar surface area (TPSA) is 43.3 Å². The van der Waals surface area contributed by atoms with E-state index in [2.05, 4.69) is 21.2 Å². The van der Waals surface area contributed by atoms with E-state index in [0.29, 0.717) is 13.2 Å². The summed E-state index contributed by atoms with van der Waals surface area (Å²) in [6, 6.07) is 8.05. The molecule has 2 rings (SSSR count). The quantitative estimate of drug-likeness (QED) is 0.918. The third-order valence-electron chi connectivity index (χ3n) is 2.87. The van der Waals surface area contributed by atoms with Crippen molar-refractivity contribution in [3.63, 3.8) is 0 Å². The van der Waals surface area contributed by atoms with Gasteiger partial charge in [0, 0.05) is 34.7 Å². The Balaban J connectivity index is 2.07. The molecule has 1 amide bonds. The molecule has 0 bridgehead atoms. The van der Waals surface area contributed by atoms with Gasteiger partial charge in [0.15, 0.2) is 0 Å². The van der Waals surface area contributed by atoms with E-state index in [1.807, 2.05) is 42.0 Å². The number of benzene rings is 1. The van der Waals surface area contributed by atoms with Gasteiger partial charge in [-0.05, 0) is 31.2 Å². The summed E-state index contributed by atoms with van der Waals surface area (Å²) >= 11 is 3.44. The van der Waals surface area contributed by atoms with Gasteiger partial charge in [-0.25, -0.2) is 0 Å². The zero-order valence-electron chi connectivity index (χ0n) is 11.0. The van der Waals surface area contributed by atoms with Crippen molar-refractivity contribution in [2.24, 2.45) is 0 Å².